The lowest BCUT2D eigenvalue weighted by Crippen LogP contribution is -2.47. The van der Waals surface area contributed by atoms with Crippen molar-refractivity contribution in [1.82, 2.24) is 15.2 Å². The molecule has 2 aromatic rings. The quantitative estimate of drug-likeness (QED) is 0.564. The van der Waals surface area contributed by atoms with Gasteiger partial charge in [-0.1, -0.05) is 18.2 Å². The predicted molar refractivity (Wildman–Crippen MR) is 138 cm³/mol. The van der Waals surface area contributed by atoms with Gasteiger partial charge in [-0.3, -0.25) is 9.59 Å². The zero-order chi connectivity index (χ0) is 26.4. The number of pyridine rings is 1. The van der Waals surface area contributed by atoms with Gasteiger partial charge in [0.25, 0.3) is 5.91 Å². The van der Waals surface area contributed by atoms with Gasteiger partial charge in [0.05, 0.1) is 29.5 Å². The summed E-state index contributed by atoms with van der Waals surface area (Å²) in [4.78, 5) is 34.3. The summed E-state index contributed by atoms with van der Waals surface area (Å²) in [5.74, 6) is 0.133. The molecule has 0 radical (unpaired) electrons. The number of nitrogens with one attached hydrogen (secondary N) is 1. The van der Waals surface area contributed by atoms with Crippen molar-refractivity contribution in [3.8, 4) is 0 Å². The van der Waals surface area contributed by atoms with Gasteiger partial charge in [0.2, 0.25) is 5.91 Å². The topological polar surface area (TPSA) is 104 Å². The van der Waals surface area contributed by atoms with Gasteiger partial charge in [0, 0.05) is 26.2 Å². The number of aromatic nitrogens is 1. The number of nitrogens with zero attached hydrogens (tertiary/aromatic N) is 3. The van der Waals surface area contributed by atoms with Crippen LogP contribution >= 0.6 is 0 Å². The Morgan fingerprint density at radius 2 is 1.86 bits per heavy atom. The number of carbonyl (C=O) groups is 2. The van der Waals surface area contributed by atoms with E-state index >= 15 is 0 Å². The highest BCUT2D eigenvalue weighted by Gasteiger charge is 2.52. The highest BCUT2D eigenvalue weighted by molar-refractivity contribution is 6.62. The molecule has 1 aromatic heterocycles. The first-order chi connectivity index (χ1) is 16.8. The molecule has 0 bridgehead atoms. The number of fused-ring (bicyclic) bond motifs is 1. The van der Waals surface area contributed by atoms with Crippen LogP contribution in [-0.2, 0) is 20.6 Å². The van der Waals surface area contributed by atoms with Crippen LogP contribution in [0.25, 0.3) is 0 Å². The molecule has 1 fully saturated rings. The number of benzene rings is 1. The molecule has 9 nitrogen and oxygen atoms in total. The maximum atomic E-state index is 13.3. The van der Waals surface area contributed by atoms with Crippen molar-refractivity contribution < 1.29 is 24.0 Å². The number of aliphatic hydroxyl groups is 1. The van der Waals surface area contributed by atoms with Crippen LogP contribution in [0.15, 0.2) is 36.4 Å². The standard InChI is InChI=1S/C26H35BN4O5/c1-16(23(33)29-21(15-32)20-9-8-10-22(28-20)30(6)7)31-14-17-11-12-18(13-19(17)24(31)34)27-35-25(2,3)26(4,5)36-27/h8-13,16,21,32H,14-15H2,1-7H3,(H,29,33). The van der Waals surface area contributed by atoms with E-state index in [-0.39, 0.29) is 18.4 Å². The predicted octanol–water partition coefficient (Wildman–Crippen LogP) is 1.64. The van der Waals surface area contributed by atoms with Crippen LogP contribution in [0.5, 0.6) is 0 Å². The van der Waals surface area contributed by atoms with Crippen molar-refractivity contribution in [2.24, 2.45) is 0 Å². The molecular weight excluding hydrogens is 459 g/mol. The number of rotatable bonds is 7. The second-order valence-corrected chi connectivity index (χ2v) is 10.7. The van der Waals surface area contributed by atoms with E-state index in [0.29, 0.717) is 17.8 Å². The van der Waals surface area contributed by atoms with Crippen LogP contribution < -0.4 is 15.7 Å². The lowest BCUT2D eigenvalue weighted by atomic mass is 9.78. The first-order valence-electron chi connectivity index (χ1n) is 12.2. The van der Waals surface area contributed by atoms with E-state index in [0.717, 1.165) is 16.8 Å². The van der Waals surface area contributed by atoms with Gasteiger partial charge in [0.1, 0.15) is 11.9 Å². The SMILES string of the molecule is CC(C(=O)NC(CO)c1cccc(N(C)C)n1)N1Cc2ccc(B3OC(C)(C)C(C)(C)O3)cc2C1=O. The van der Waals surface area contributed by atoms with Crippen molar-refractivity contribution in [2.75, 3.05) is 25.6 Å². The molecule has 1 aromatic carbocycles. The zero-order valence-corrected chi connectivity index (χ0v) is 22.0. The van der Waals surface area contributed by atoms with Gasteiger partial charge in [-0.05, 0) is 63.8 Å². The highest BCUT2D eigenvalue weighted by Crippen LogP contribution is 2.37. The largest absolute Gasteiger partial charge is 0.494 e. The number of amides is 2. The zero-order valence-electron chi connectivity index (χ0n) is 22.0. The molecule has 36 heavy (non-hydrogen) atoms. The second kappa shape index (κ2) is 9.50. The van der Waals surface area contributed by atoms with Crippen molar-refractivity contribution in [2.45, 2.75) is 64.4 Å². The summed E-state index contributed by atoms with van der Waals surface area (Å²) >= 11 is 0. The van der Waals surface area contributed by atoms with Crippen LogP contribution in [0.1, 0.15) is 62.3 Å². The molecule has 3 heterocycles. The maximum Gasteiger partial charge on any atom is 0.494 e. The summed E-state index contributed by atoms with van der Waals surface area (Å²) in [5.41, 5.74) is 1.74. The van der Waals surface area contributed by atoms with Crippen LogP contribution in [0, 0.1) is 0 Å². The van der Waals surface area contributed by atoms with Gasteiger partial charge in [-0.25, -0.2) is 4.98 Å². The highest BCUT2D eigenvalue weighted by atomic mass is 16.7. The molecule has 1 saturated heterocycles. The fourth-order valence-electron chi connectivity index (χ4n) is 4.31. The molecular formula is C26H35BN4O5. The molecule has 10 heteroatoms. The number of hydrogen-bond acceptors (Lipinski definition) is 7. The van der Waals surface area contributed by atoms with E-state index in [1.807, 2.05) is 71.0 Å². The normalized spacial score (nSPS) is 19.7. The Bertz CT molecular complexity index is 1150. The Balaban J connectivity index is 1.47. The van der Waals surface area contributed by atoms with E-state index < -0.39 is 30.4 Å². The first kappa shape index (κ1) is 26.1. The van der Waals surface area contributed by atoms with Gasteiger partial charge in [-0.2, -0.15) is 0 Å². The van der Waals surface area contributed by atoms with Crippen molar-refractivity contribution >= 4 is 30.2 Å². The van der Waals surface area contributed by atoms with E-state index in [1.165, 1.54) is 4.90 Å². The summed E-state index contributed by atoms with van der Waals surface area (Å²) in [6, 6.07) is 9.62. The number of anilines is 1. The molecule has 2 amide bonds. The smallest absolute Gasteiger partial charge is 0.399 e. The Labute approximate surface area is 212 Å². The number of hydrogen-bond donors (Lipinski definition) is 2. The summed E-state index contributed by atoms with van der Waals surface area (Å²) < 4.78 is 12.3. The number of carbonyl (C=O) groups excluding carboxylic acids is 2. The summed E-state index contributed by atoms with van der Waals surface area (Å²) in [5, 5.41) is 12.8. The molecule has 2 N–H and O–H groups in total. The van der Waals surface area contributed by atoms with E-state index in [9.17, 15) is 14.7 Å². The lowest BCUT2D eigenvalue weighted by molar-refractivity contribution is -0.126. The Hall–Kier alpha value is -2.95. The average Bonchev–Trinajstić information content (AvgIpc) is 3.27. The van der Waals surface area contributed by atoms with E-state index in [2.05, 4.69) is 10.3 Å². The van der Waals surface area contributed by atoms with E-state index in [4.69, 9.17) is 9.31 Å². The van der Waals surface area contributed by atoms with Gasteiger partial charge in [-0.15, -0.1) is 0 Å². The average molecular weight is 494 g/mol. The first-order valence-corrected chi connectivity index (χ1v) is 12.2. The minimum atomic E-state index is -0.740. The van der Waals surface area contributed by atoms with Gasteiger partial charge < -0.3 is 29.5 Å². The molecule has 2 unspecified atom stereocenters. The van der Waals surface area contributed by atoms with Gasteiger partial charge >= 0.3 is 7.12 Å². The molecule has 0 saturated carbocycles. The molecule has 4 rings (SSSR count). The minimum absolute atomic E-state index is 0.223. The maximum absolute atomic E-state index is 13.3. The fraction of sp³-hybridized carbons (Fsp3) is 0.500. The third-order valence-corrected chi connectivity index (χ3v) is 7.41. The summed E-state index contributed by atoms with van der Waals surface area (Å²) in [6.07, 6.45) is 0. The number of aliphatic hydroxyl groups excluding tert-OH is 1. The second-order valence-electron chi connectivity index (χ2n) is 10.7. The summed E-state index contributed by atoms with van der Waals surface area (Å²) in [6.45, 7) is 9.64. The minimum Gasteiger partial charge on any atom is -0.399 e. The van der Waals surface area contributed by atoms with E-state index in [1.54, 1.807) is 19.1 Å². The lowest BCUT2D eigenvalue weighted by Gasteiger charge is -2.32. The van der Waals surface area contributed by atoms with Crippen LogP contribution in [0.3, 0.4) is 0 Å². The third-order valence-electron chi connectivity index (χ3n) is 7.41. The fourth-order valence-corrected chi connectivity index (χ4v) is 4.31. The molecule has 2 aliphatic rings. The molecule has 192 valence electrons. The van der Waals surface area contributed by atoms with Crippen LogP contribution in [0.4, 0.5) is 5.82 Å². The van der Waals surface area contributed by atoms with Gasteiger partial charge in [0.15, 0.2) is 0 Å². The Morgan fingerprint density at radius 1 is 1.19 bits per heavy atom. The van der Waals surface area contributed by atoms with Crippen LogP contribution in [0.2, 0.25) is 0 Å². The van der Waals surface area contributed by atoms with Crippen molar-refractivity contribution in [1.29, 1.82) is 0 Å². The van der Waals surface area contributed by atoms with Crippen molar-refractivity contribution in [3.05, 3.63) is 53.2 Å². The third kappa shape index (κ3) is 4.72. The Kier molecular flexibility index (Phi) is 6.89. The molecule has 2 atom stereocenters. The molecule has 2 aliphatic heterocycles. The monoisotopic (exact) mass is 494 g/mol. The Morgan fingerprint density at radius 3 is 2.47 bits per heavy atom. The molecule has 0 spiro atoms. The van der Waals surface area contributed by atoms with Crippen LogP contribution in [-0.4, -0.2) is 71.9 Å². The van der Waals surface area contributed by atoms with Crippen molar-refractivity contribution in [3.63, 3.8) is 0 Å². The molecule has 0 aliphatic carbocycles. The summed E-state index contributed by atoms with van der Waals surface area (Å²) in [7, 11) is 3.17.